The van der Waals surface area contributed by atoms with Crippen LogP contribution in [0.2, 0.25) is 0 Å². The van der Waals surface area contributed by atoms with E-state index in [4.69, 9.17) is 12.2 Å². The van der Waals surface area contributed by atoms with Crippen LogP contribution >= 0.6 is 0 Å². The second-order valence-electron chi connectivity index (χ2n) is 3.65. The van der Waals surface area contributed by atoms with E-state index in [1.165, 1.54) is 6.33 Å². The molecule has 4 heteroatoms. The zero-order chi connectivity index (χ0) is 11.0. The first-order chi connectivity index (χ1) is 7.15. The molecular weight excluding hydrogens is 188 g/mol. The first-order valence-electron chi connectivity index (χ1n) is 4.72. The van der Waals surface area contributed by atoms with Crippen LogP contribution in [0.3, 0.4) is 0 Å². The number of fused-ring (bicyclic) bond motifs is 1. The summed E-state index contributed by atoms with van der Waals surface area (Å²) in [5, 5.41) is 0.772. The van der Waals surface area contributed by atoms with Crippen LogP contribution < -0.4 is 5.73 Å². The van der Waals surface area contributed by atoms with E-state index in [0.29, 0.717) is 11.9 Å². The van der Waals surface area contributed by atoms with E-state index in [9.17, 15) is 0 Å². The average Bonchev–Trinajstić information content (AvgIpc) is 2.58. The molecule has 0 spiro atoms. The highest BCUT2D eigenvalue weighted by atomic mass is 15.1. The van der Waals surface area contributed by atoms with E-state index in [1.54, 1.807) is 0 Å². The lowest BCUT2D eigenvalue weighted by molar-refractivity contribution is 0.617. The lowest BCUT2D eigenvalue weighted by Gasteiger charge is -2.07. The molecule has 76 valence electrons. The summed E-state index contributed by atoms with van der Waals surface area (Å²) in [6, 6.07) is 0.295. The predicted octanol–water partition coefficient (Wildman–Crippen LogP) is 1.58. The second kappa shape index (κ2) is 3.28. The summed E-state index contributed by atoms with van der Waals surface area (Å²) in [4.78, 5) is 8.15. The Morgan fingerprint density at radius 3 is 2.80 bits per heavy atom. The smallest absolute Gasteiger partial charge is 0.147 e. The summed E-state index contributed by atoms with van der Waals surface area (Å²) in [6.45, 7) is 4.13. The fourth-order valence-electron chi connectivity index (χ4n) is 1.61. The molecular formula is C11H12N4. The molecule has 2 N–H and O–H groups in total. The van der Waals surface area contributed by atoms with Gasteiger partial charge in [-0.15, -0.1) is 6.42 Å². The average molecular weight is 200 g/mol. The molecule has 15 heavy (non-hydrogen) atoms. The van der Waals surface area contributed by atoms with Crippen LogP contribution in [0.5, 0.6) is 0 Å². The number of aromatic nitrogens is 3. The Labute approximate surface area is 88.1 Å². The van der Waals surface area contributed by atoms with Gasteiger partial charge < -0.3 is 10.3 Å². The monoisotopic (exact) mass is 200 g/mol. The Morgan fingerprint density at radius 2 is 2.20 bits per heavy atom. The zero-order valence-electron chi connectivity index (χ0n) is 8.73. The molecule has 0 aliphatic rings. The molecule has 0 saturated heterocycles. The van der Waals surface area contributed by atoms with Crippen molar-refractivity contribution >= 4 is 16.9 Å². The van der Waals surface area contributed by atoms with Crippen molar-refractivity contribution in [3.05, 3.63) is 18.1 Å². The van der Waals surface area contributed by atoms with E-state index in [0.717, 1.165) is 16.6 Å². The number of anilines is 1. The molecule has 2 heterocycles. The Morgan fingerprint density at radius 1 is 1.47 bits per heavy atom. The van der Waals surface area contributed by atoms with Gasteiger partial charge >= 0.3 is 0 Å². The molecule has 0 bridgehead atoms. The number of hydrogen-bond acceptors (Lipinski definition) is 3. The van der Waals surface area contributed by atoms with Gasteiger partial charge in [-0.25, -0.2) is 9.97 Å². The zero-order valence-corrected chi connectivity index (χ0v) is 8.73. The lowest BCUT2D eigenvalue weighted by Crippen LogP contribution is -2.00. The molecule has 0 saturated carbocycles. The van der Waals surface area contributed by atoms with Crippen molar-refractivity contribution in [3.8, 4) is 12.3 Å². The topological polar surface area (TPSA) is 56.7 Å². The maximum atomic E-state index is 5.79. The first-order valence-corrected chi connectivity index (χ1v) is 4.72. The molecule has 2 aromatic heterocycles. The highest BCUT2D eigenvalue weighted by Gasteiger charge is 2.13. The van der Waals surface area contributed by atoms with Gasteiger partial charge in [0.25, 0.3) is 0 Å². The van der Waals surface area contributed by atoms with Crippen molar-refractivity contribution in [2.45, 2.75) is 19.9 Å². The van der Waals surface area contributed by atoms with Gasteiger partial charge in [0.15, 0.2) is 0 Å². The standard InChI is InChI=1S/C11H12N4/c1-4-8-5-15(7(2)3)11-9(8)10(12)13-6-14-11/h1,5-7H,2-3H3,(H2,12,13,14). The highest BCUT2D eigenvalue weighted by Crippen LogP contribution is 2.25. The van der Waals surface area contributed by atoms with Gasteiger partial charge in [-0.1, -0.05) is 5.92 Å². The molecule has 2 rings (SSSR count). The van der Waals surface area contributed by atoms with E-state index in [2.05, 4.69) is 29.7 Å². The van der Waals surface area contributed by atoms with Crippen LogP contribution in [0.1, 0.15) is 25.5 Å². The molecule has 0 fully saturated rings. The Kier molecular flexibility index (Phi) is 2.09. The normalized spacial score (nSPS) is 10.8. The van der Waals surface area contributed by atoms with Gasteiger partial charge in [0.2, 0.25) is 0 Å². The number of terminal acetylenes is 1. The van der Waals surface area contributed by atoms with Crippen LogP contribution in [0.4, 0.5) is 5.82 Å². The lowest BCUT2D eigenvalue weighted by atomic mass is 10.2. The number of nitrogens with two attached hydrogens (primary N) is 1. The number of nitrogens with zero attached hydrogens (tertiary/aromatic N) is 3. The quantitative estimate of drug-likeness (QED) is 0.711. The summed E-state index contributed by atoms with van der Waals surface area (Å²) in [5.41, 5.74) is 7.33. The van der Waals surface area contributed by atoms with Gasteiger partial charge in [0.1, 0.15) is 17.8 Å². The van der Waals surface area contributed by atoms with Crippen molar-refractivity contribution in [2.24, 2.45) is 0 Å². The number of rotatable bonds is 1. The van der Waals surface area contributed by atoms with Gasteiger partial charge in [-0.05, 0) is 13.8 Å². The van der Waals surface area contributed by atoms with E-state index < -0.39 is 0 Å². The van der Waals surface area contributed by atoms with Crippen LogP contribution in [-0.4, -0.2) is 14.5 Å². The molecule has 0 radical (unpaired) electrons. The van der Waals surface area contributed by atoms with Gasteiger partial charge in [0.05, 0.1) is 10.9 Å². The fourth-order valence-corrected chi connectivity index (χ4v) is 1.61. The first kappa shape index (κ1) is 9.53. The van der Waals surface area contributed by atoms with E-state index in [1.807, 2.05) is 10.8 Å². The minimum absolute atomic E-state index is 0.295. The summed E-state index contributed by atoms with van der Waals surface area (Å²) in [7, 11) is 0. The molecule has 0 aliphatic carbocycles. The molecule has 0 aromatic carbocycles. The third kappa shape index (κ3) is 1.33. The Balaban J connectivity index is 2.89. The van der Waals surface area contributed by atoms with Gasteiger partial charge in [-0.3, -0.25) is 0 Å². The van der Waals surface area contributed by atoms with Crippen molar-refractivity contribution in [1.82, 2.24) is 14.5 Å². The summed E-state index contributed by atoms with van der Waals surface area (Å²) >= 11 is 0. The summed E-state index contributed by atoms with van der Waals surface area (Å²) in [6.07, 6.45) is 8.77. The minimum atomic E-state index is 0.295. The molecule has 0 aliphatic heterocycles. The second-order valence-corrected chi connectivity index (χ2v) is 3.65. The van der Waals surface area contributed by atoms with Gasteiger partial charge in [-0.2, -0.15) is 0 Å². The molecule has 4 nitrogen and oxygen atoms in total. The largest absolute Gasteiger partial charge is 0.383 e. The van der Waals surface area contributed by atoms with Crippen molar-refractivity contribution in [2.75, 3.05) is 5.73 Å². The van der Waals surface area contributed by atoms with Crippen LogP contribution in [0.15, 0.2) is 12.5 Å². The van der Waals surface area contributed by atoms with Crippen molar-refractivity contribution < 1.29 is 0 Å². The number of nitrogen functional groups attached to an aromatic ring is 1. The maximum Gasteiger partial charge on any atom is 0.147 e. The Hall–Kier alpha value is -2.02. The number of hydrogen-bond donors (Lipinski definition) is 1. The van der Waals surface area contributed by atoms with Crippen LogP contribution in [-0.2, 0) is 0 Å². The summed E-state index contributed by atoms with van der Waals surface area (Å²) in [5.74, 6) is 3.04. The minimum Gasteiger partial charge on any atom is -0.383 e. The highest BCUT2D eigenvalue weighted by molar-refractivity contribution is 5.92. The molecule has 0 atom stereocenters. The van der Waals surface area contributed by atoms with Crippen molar-refractivity contribution in [3.63, 3.8) is 0 Å². The van der Waals surface area contributed by atoms with Gasteiger partial charge in [0, 0.05) is 12.2 Å². The molecule has 0 unspecified atom stereocenters. The van der Waals surface area contributed by atoms with Crippen LogP contribution in [0.25, 0.3) is 11.0 Å². The third-order valence-electron chi connectivity index (χ3n) is 2.35. The van der Waals surface area contributed by atoms with E-state index in [-0.39, 0.29) is 0 Å². The third-order valence-corrected chi connectivity index (χ3v) is 2.35. The molecule has 0 amide bonds. The van der Waals surface area contributed by atoms with Crippen molar-refractivity contribution in [1.29, 1.82) is 0 Å². The Bertz CT molecular complexity index is 545. The summed E-state index contributed by atoms with van der Waals surface area (Å²) < 4.78 is 2.00. The molecule has 2 aromatic rings. The van der Waals surface area contributed by atoms with Crippen LogP contribution in [0, 0.1) is 12.3 Å². The SMILES string of the molecule is C#Cc1cn(C(C)C)c2ncnc(N)c12. The maximum absolute atomic E-state index is 5.79. The van der Waals surface area contributed by atoms with E-state index >= 15 is 0 Å². The fraction of sp³-hybridized carbons (Fsp3) is 0.273. The predicted molar refractivity (Wildman–Crippen MR) is 60.3 cm³/mol.